The average Bonchev–Trinajstić information content (AvgIpc) is 3.24. The van der Waals surface area contributed by atoms with Crippen LogP contribution >= 0.6 is 11.6 Å². The Kier molecular flexibility index (Phi) is 6.30. The van der Waals surface area contributed by atoms with Crippen molar-refractivity contribution in [3.63, 3.8) is 0 Å². The van der Waals surface area contributed by atoms with E-state index in [0.29, 0.717) is 21.9 Å². The van der Waals surface area contributed by atoms with Crippen LogP contribution in [-0.4, -0.2) is 39.1 Å². The summed E-state index contributed by atoms with van der Waals surface area (Å²) < 4.78 is 20.3. The highest BCUT2D eigenvalue weighted by molar-refractivity contribution is 6.33. The molecule has 1 aliphatic heterocycles. The summed E-state index contributed by atoms with van der Waals surface area (Å²) in [5.41, 5.74) is 2.37. The zero-order valence-corrected chi connectivity index (χ0v) is 20.8. The quantitative estimate of drug-likeness (QED) is 0.306. The minimum atomic E-state index is -1.37. The maximum Gasteiger partial charge on any atom is 0.313 e. The van der Waals surface area contributed by atoms with Gasteiger partial charge in [0.15, 0.2) is 5.65 Å². The number of rotatable bonds is 6. The number of benzene rings is 2. The van der Waals surface area contributed by atoms with E-state index in [4.69, 9.17) is 16.3 Å². The molecular weight excluding hydrogens is 483 g/mol. The molecule has 186 valence electrons. The van der Waals surface area contributed by atoms with Crippen LogP contribution < -0.4 is 9.64 Å². The van der Waals surface area contributed by atoms with Crippen LogP contribution in [0.15, 0.2) is 48.5 Å². The van der Waals surface area contributed by atoms with E-state index in [0.717, 1.165) is 24.7 Å². The van der Waals surface area contributed by atoms with Crippen LogP contribution in [0.2, 0.25) is 5.02 Å². The number of anilines is 1. The van der Waals surface area contributed by atoms with Crippen molar-refractivity contribution in [2.45, 2.75) is 38.5 Å². The van der Waals surface area contributed by atoms with Crippen LogP contribution in [0.1, 0.15) is 38.7 Å². The molecule has 0 radical (unpaired) electrons. The van der Waals surface area contributed by atoms with E-state index in [2.05, 4.69) is 32.0 Å². The lowest BCUT2D eigenvalue weighted by molar-refractivity contribution is -0.142. The van der Waals surface area contributed by atoms with Crippen LogP contribution in [0.5, 0.6) is 11.8 Å². The number of carboxylic acids is 1. The zero-order chi connectivity index (χ0) is 25.4. The second-order valence-electron chi connectivity index (χ2n) is 9.50. The summed E-state index contributed by atoms with van der Waals surface area (Å²) in [5, 5.41) is 9.84. The number of pyridine rings is 1. The highest BCUT2D eigenvalue weighted by Gasteiger charge is 2.32. The van der Waals surface area contributed by atoms with Crippen molar-refractivity contribution in [1.82, 2.24) is 15.0 Å². The van der Waals surface area contributed by atoms with Gasteiger partial charge in [0.1, 0.15) is 11.6 Å². The molecule has 0 saturated carbocycles. The van der Waals surface area contributed by atoms with Crippen LogP contribution in [0.4, 0.5) is 10.1 Å². The van der Waals surface area contributed by atoms with Gasteiger partial charge in [-0.3, -0.25) is 4.79 Å². The molecule has 0 bridgehead atoms. The molecule has 4 aromatic rings. The monoisotopic (exact) mass is 508 g/mol. The van der Waals surface area contributed by atoms with Crippen LogP contribution in [0, 0.1) is 5.82 Å². The number of ether oxygens (including phenoxy) is 1. The van der Waals surface area contributed by atoms with Gasteiger partial charge < -0.3 is 19.7 Å². The van der Waals surface area contributed by atoms with E-state index in [-0.39, 0.29) is 17.3 Å². The summed E-state index contributed by atoms with van der Waals surface area (Å²) in [4.78, 5) is 25.9. The van der Waals surface area contributed by atoms with Crippen molar-refractivity contribution >= 4 is 34.4 Å². The molecule has 0 amide bonds. The first kappa shape index (κ1) is 24.1. The van der Waals surface area contributed by atoms with Gasteiger partial charge in [0, 0.05) is 36.0 Å². The lowest BCUT2D eigenvalue weighted by Gasteiger charge is -2.28. The smallest absolute Gasteiger partial charge is 0.313 e. The first-order valence-corrected chi connectivity index (χ1v) is 12.2. The molecule has 0 atom stereocenters. The van der Waals surface area contributed by atoms with Gasteiger partial charge in [0.05, 0.1) is 21.6 Å². The van der Waals surface area contributed by atoms with Gasteiger partial charge in [-0.15, -0.1) is 0 Å². The van der Waals surface area contributed by atoms with Gasteiger partial charge in [-0.1, -0.05) is 29.8 Å². The first-order valence-electron chi connectivity index (χ1n) is 11.9. The number of nitrogens with one attached hydrogen (secondary N) is 1. The Morgan fingerprint density at radius 1 is 1.08 bits per heavy atom. The number of carbonyl (C=O) groups is 1. The molecule has 0 unspecified atom stereocenters. The molecule has 0 aliphatic carbocycles. The third-order valence-corrected chi connectivity index (χ3v) is 6.92. The highest BCUT2D eigenvalue weighted by atomic mass is 35.5. The van der Waals surface area contributed by atoms with Crippen molar-refractivity contribution < 1.29 is 19.0 Å². The maximum absolute atomic E-state index is 14.6. The van der Waals surface area contributed by atoms with E-state index in [9.17, 15) is 14.3 Å². The summed E-state index contributed by atoms with van der Waals surface area (Å²) in [6.45, 7) is 5.04. The van der Waals surface area contributed by atoms with Crippen molar-refractivity contribution in [3.05, 3.63) is 64.9 Å². The van der Waals surface area contributed by atoms with Crippen molar-refractivity contribution in [2.75, 3.05) is 18.0 Å². The summed E-state index contributed by atoms with van der Waals surface area (Å²) in [5.74, 6) is -1.61. The van der Waals surface area contributed by atoms with Gasteiger partial charge in [-0.25, -0.2) is 9.37 Å². The normalized spacial score (nSPS) is 14.3. The maximum atomic E-state index is 14.6. The van der Waals surface area contributed by atoms with Crippen LogP contribution in [0.25, 0.3) is 22.4 Å². The zero-order valence-electron chi connectivity index (χ0n) is 20.0. The van der Waals surface area contributed by atoms with Crippen molar-refractivity contribution in [2.24, 2.45) is 0 Å². The minimum absolute atomic E-state index is 0.0661. The molecule has 1 fully saturated rings. The second kappa shape index (κ2) is 9.43. The Balaban J connectivity index is 1.38. The molecule has 2 N–H and O–H groups in total. The van der Waals surface area contributed by atoms with E-state index in [1.165, 1.54) is 50.9 Å². The third-order valence-electron chi connectivity index (χ3n) is 6.63. The van der Waals surface area contributed by atoms with E-state index >= 15 is 0 Å². The SMILES string of the molecule is CC(C)(C(=O)O)c1ccc(Oc2nc3nc(-c4ccc(N5CCCCC5)cc4)c(Cl)cc3[nH]2)cc1F. The van der Waals surface area contributed by atoms with E-state index < -0.39 is 17.2 Å². The lowest BCUT2D eigenvalue weighted by atomic mass is 9.84. The van der Waals surface area contributed by atoms with Crippen molar-refractivity contribution in [3.8, 4) is 23.0 Å². The number of aromatic amines is 1. The first-order chi connectivity index (χ1) is 17.2. The number of hydrogen-bond acceptors (Lipinski definition) is 5. The number of aromatic nitrogens is 3. The summed E-state index contributed by atoms with van der Waals surface area (Å²) in [7, 11) is 0. The highest BCUT2D eigenvalue weighted by Crippen LogP contribution is 2.33. The second-order valence-corrected chi connectivity index (χ2v) is 9.91. The summed E-state index contributed by atoms with van der Waals surface area (Å²) >= 11 is 6.54. The standard InChI is InChI=1S/C27H26ClFN4O3/c1-27(2,25(34)35)19-11-10-18(14-21(19)29)36-26-30-22-15-20(28)23(31-24(22)32-26)16-6-8-17(9-7-16)33-12-4-3-5-13-33/h6-11,14-15H,3-5,12-13H2,1-2H3,(H,34,35)(H,30,31,32). The topological polar surface area (TPSA) is 91.3 Å². The largest absolute Gasteiger partial charge is 0.481 e. The molecule has 36 heavy (non-hydrogen) atoms. The number of aliphatic carboxylic acids is 1. The fourth-order valence-electron chi connectivity index (χ4n) is 4.42. The molecule has 5 rings (SSSR count). The third kappa shape index (κ3) is 4.60. The number of fused-ring (bicyclic) bond motifs is 1. The number of carboxylic acid groups (broad SMARTS) is 1. The minimum Gasteiger partial charge on any atom is -0.481 e. The molecule has 3 heterocycles. The van der Waals surface area contributed by atoms with Gasteiger partial charge in [-0.05, 0) is 57.4 Å². The summed E-state index contributed by atoms with van der Waals surface area (Å²) in [6, 6.07) is 14.1. The number of halogens is 2. The van der Waals surface area contributed by atoms with Gasteiger partial charge in [0.25, 0.3) is 0 Å². The number of nitrogens with zero attached hydrogens (tertiary/aromatic N) is 3. The Morgan fingerprint density at radius 3 is 2.47 bits per heavy atom. The van der Waals surface area contributed by atoms with Crippen LogP contribution in [0.3, 0.4) is 0 Å². The van der Waals surface area contributed by atoms with Gasteiger partial charge >= 0.3 is 12.0 Å². The molecule has 1 saturated heterocycles. The molecule has 2 aromatic carbocycles. The number of imidazole rings is 1. The summed E-state index contributed by atoms with van der Waals surface area (Å²) in [6.07, 6.45) is 3.71. The Bertz CT molecular complexity index is 1430. The lowest BCUT2D eigenvalue weighted by Crippen LogP contribution is -2.29. The Labute approximate surface area is 212 Å². The van der Waals surface area contributed by atoms with Crippen molar-refractivity contribution in [1.29, 1.82) is 0 Å². The Hall–Kier alpha value is -3.65. The molecule has 1 aliphatic rings. The predicted octanol–water partition coefficient (Wildman–Crippen LogP) is 6.56. The molecule has 7 nitrogen and oxygen atoms in total. The van der Waals surface area contributed by atoms with E-state index in [1.807, 2.05) is 12.1 Å². The van der Waals surface area contributed by atoms with Crippen LogP contribution in [-0.2, 0) is 10.2 Å². The van der Waals surface area contributed by atoms with Gasteiger partial charge in [-0.2, -0.15) is 4.98 Å². The molecule has 9 heteroatoms. The van der Waals surface area contributed by atoms with E-state index in [1.54, 1.807) is 6.07 Å². The number of hydrogen-bond donors (Lipinski definition) is 2. The molecular formula is C27H26ClFN4O3. The predicted molar refractivity (Wildman–Crippen MR) is 138 cm³/mol. The fourth-order valence-corrected chi connectivity index (χ4v) is 4.68. The average molecular weight is 509 g/mol. The molecule has 0 spiro atoms. The van der Waals surface area contributed by atoms with Gasteiger partial charge in [0.2, 0.25) is 0 Å². The molecule has 2 aromatic heterocycles. The fraction of sp³-hybridized carbons (Fsp3) is 0.296. The number of H-pyrrole nitrogens is 1. The Morgan fingerprint density at radius 2 is 1.81 bits per heavy atom. The number of piperidine rings is 1.